The lowest BCUT2D eigenvalue weighted by Gasteiger charge is -2.29. The average molecular weight is 433 g/mol. The van der Waals surface area contributed by atoms with E-state index in [-0.39, 0.29) is 36.0 Å². The molecule has 3 aromatic rings. The third-order valence-electron chi connectivity index (χ3n) is 5.97. The Morgan fingerprint density at radius 3 is 2.88 bits per heavy atom. The number of nitrogens with zero attached hydrogens (tertiary/aromatic N) is 8. The van der Waals surface area contributed by atoms with Crippen molar-refractivity contribution in [3.8, 4) is 11.4 Å². The number of benzene rings is 1. The van der Waals surface area contributed by atoms with E-state index in [0.717, 1.165) is 6.42 Å². The number of amides is 1. The molecule has 2 N–H and O–H groups in total. The number of carbonyl (C=O) groups excluding carboxylic acids is 1. The maximum absolute atomic E-state index is 14.3. The number of anilines is 2. The number of fused-ring (bicyclic) bond motifs is 8. The van der Waals surface area contributed by atoms with E-state index in [1.165, 1.54) is 27.8 Å². The van der Waals surface area contributed by atoms with Crippen LogP contribution in [-0.4, -0.2) is 49.4 Å². The molecule has 0 radical (unpaired) electrons. The van der Waals surface area contributed by atoms with Gasteiger partial charge in [-0.3, -0.25) is 4.79 Å². The second-order valence-electron chi connectivity index (χ2n) is 7.97. The molecule has 11 heteroatoms. The lowest BCUT2D eigenvalue weighted by atomic mass is 9.97. The summed E-state index contributed by atoms with van der Waals surface area (Å²) >= 11 is 0. The Bertz CT molecular complexity index is 1300. The van der Waals surface area contributed by atoms with Gasteiger partial charge in [-0.1, -0.05) is 6.57 Å². The van der Waals surface area contributed by atoms with Gasteiger partial charge in [-0.05, 0) is 36.6 Å². The van der Waals surface area contributed by atoms with Crippen LogP contribution in [0.2, 0.25) is 0 Å². The molecule has 162 valence electrons. The van der Waals surface area contributed by atoms with Crippen molar-refractivity contribution in [2.75, 3.05) is 24.2 Å². The van der Waals surface area contributed by atoms with Crippen molar-refractivity contribution in [2.24, 2.45) is 7.05 Å². The Morgan fingerprint density at radius 1 is 1.28 bits per heavy atom. The average Bonchev–Trinajstić information content (AvgIpc) is 3.37. The molecule has 2 aromatic heterocycles. The molecule has 2 aliphatic heterocycles. The summed E-state index contributed by atoms with van der Waals surface area (Å²) in [4.78, 5) is 25.1. The molecule has 1 aromatic carbocycles. The van der Waals surface area contributed by atoms with Gasteiger partial charge < -0.3 is 20.4 Å². The van der Waals surface area contributed by atoms with Gasteiger partial charge in [0, 0.05) is 19.2 Å². The molecule has 32 heavy (non-hydrogen) atoms. The van der Waals surface area contributed by atoms with E-state index < -0.39 is 5.82 Å². The first kappa shape index (κ1) is 19.9. The first-order valence-corrected chi connectivity index (χ1v) is 10.1. The fourth-order valence-electron chi connectivity index (χ4n) is 4.53. The van der Waals surface area contributed by atoms with Gasteiger partial charge in [0.25, 0.3) is 11.7 Å². The number of hydrogen-bond acceptors (Lipinski definition) is 7. The van der Waals surface area contributed by atoms with E-state index in [2.05, 4.69) is 25.1 Å². The first-order chi connectivity index (χ1) is 15.4. The molecule has 0 unspecified atom stereocenters. The molecule has 1 atom stereocenters. The standard InChI is InChI=1S/C21H20FN9O/c1-24-19-16-14(28-30(19)3)10-29(2)21(32)12-7-6-11(22)9-13(12)15-5-4-8-31(15)20-17(23)26-27-18(16)25-20/h6-7,9,15H,4-5,8,10H2,2-3H3,(H2,23,26)/t15-/m1/s1. The predicted octanol–water partition coefficient (Wildman–Crippen LogP) is 2.47. The lowest BCUT2D eigenvalue weighted by molar-refractivity contribution is 0.0781. The van der Waals surface area contributed by atoms with Gasteiger partial charge in [-0.15, -0.1) is 15.3 Å². The van der Waals surface area contributed by atoms with E-state index in [4.69, 9.17) is 12.3 Å². The highest BCUT2D eigenvalue weighted by Gasteiger charge is 2.35. The number of aromatic nitrogens is 5. The SMILES string of the molecule is [C-]#[N+]c1c2c(nn1C)CN(C)C(=O)c1ccc(F)cc1[C@H]1CCCN1c1nc-2nnc1N. The van der Waals surface area contributed by atoms with Gasteiger partial charge in [0.15, 0.2) is 17.5 Å². The Morgan fingerprint density at radius 2 is 2.09 bits per heavy atom. The zero-order valence-corrected chi connectivity index (χ0v) is 17.6. The number of halogens is 1. The fourth-order valence-corrected chi connectivity index (χ4v) is 4.53. The van der Waals surface area contributed by atoms with Crippen molar-refractivity contribution in [2.45, 2.75) is 25.4 Å². The molecule has 10 nitrogen and oxygen atoms in total. The fraction of sp³-hybridized carbons (Fsp3) is 0.333. The molecule has 0 spiro atoms. The Labute approximate surface area is 183 Å². The molecule has 2 bridgehead atoms. The number of nitrogen functional groups attached to an aromatic ring is 1. The normalized spacial score (nSPS) is 17.7. The predicted molar refractivity (Wildman–Crippen MR) is 114 cm³/mol. The Balaban J connectivity index is 1.81. The summed E-state index contributed by atoms with van der Waals surface area (Å²) in [5, 5.41) is 12.7. The van der Waals surface area contributed by atoms with Gasteiger partial charge in [-0.25, -0.2) is 9.37 Å². The van der Waals surface area contributed by atoms with Crippen LogP contribution in [0.3, 0.4) is 0 Å². The first-order valence-electron chi connectivity index (χ1n) is 10.1. The van der Waals surface area contributed by atoms with Crippen molar-refractivity contribution in [1.29, 1.82) is 0 Å². The van der Waals surface area contributed by atoms with Crippen LogP contribution < -0.4 is 10.6 Å². The molecule has 5 rings (SSSR count). The maximum atomic E-state index is 14.3. The maximum Gasteiger partial charge on any atom is 0.263 e. The third kappa shape index (κ3) is 2.95. The minimum absolute atomic E-state index is 0.117. The zero-order valence-electron chi connectivity index (χ0n) is 17.6. The number of hydrogen-bond donors (Lipinski definition) is 1. The van der Waals surface area contributed by atoms with Crippen molar-refractivity contribution in [3.63, 3.8) is 0 Å². The second-order valence-corrected chi connectivity index (χ2v) is 7.97. The summed E-state index contributed by atoms with van der Waals surface area (Å²) in [5.74, 6) is 0.324. The smallest absolute Gasteiger partial charge is 0.263 e. The Kier molecular flexibility index (Phi) is 4.51. The second kappa shape index (κ2) is 7.26. The highest BCUT2D eigenvalue weighted by atomic mass is 19.1. The monoisotopic (exact) mass is 433 g/mol. The number of carbonyl (C=O) groups is 1. The Hall–Kier alpha value is -4.07. The van der Waals surface area contributed by atoms with Crippen LogP contribution in [0.5, 0.6) is 0 Å². The van der Waals surface area contributed by atoms with Crippen LogP contribution in [0.1, 0.15) is 40.5 Å². The summed E-state index contributed by atoms with van der Waals surface area (Å²) in [7, 11) is 3.30. The topological polar surface area (TPSA) is 110 Å². The zero-order chi connectivity index (χ0) is 22.6. The molecule has 0 aliphatic carbocycles. The van der Waals surface area contributed by atoms with E-state index in [0.29, 0.717) is 41.2 Å². The summed E-state index contributed by atoms with van der Waals surface area (Å²) in [6.45, 7) is 8.35. The number of aryl methyl sites for hydroxylation is 1. The molecule has 1 amide bonds. The van der Waals surface area contributed by atoms with Gasteiger partial charge in [-0.2, -0.15) is 4.68 Å². The highest BCUT2D eigenvalue weighted by Crippen LogP contribution is 2.41. The van der Waals surface area contributed by atoms with Crippen molar-refractivity contribution in [1.82, 2.24) is 29.9 Å². The van der Waals surface area contributed by atoms with Crippen LogP contribution in [0, 0.1) is 12.4 Å². The number of nitrogens with two attached hydrogens (primary N) is 1. The van der Waals surface area contributed by atoms with E-state index in [9.17, 15) is 9.18 Å². The molecular weight excluding hydrogens is 413 g/mol. The summed E-state index contributed by atoms with van der Waals surface area (Å²) < 4.78 is 15.7. The van der Waals surface area contributed by atoms with Gasteiger partial charge in [0.2, 0.25) is 0 Å². The molecule has 4 heterocycles. The van der Waals surface area contributed by atoms with E-state index >= 15 is 0 Å². The van der Waals surface area contributed by atoms with Gasteiger partial charge in [0.05, 0.1) is 25.2 Å². The number of rotatable bonds is 0. The van der Waals surface area contributed by atoms with E-state index in [1.807, 2.05) is 4.90 Å². The molecular formula is C21H20FN9O. The minimum atomic E-state index is -0.415. The van der Waals surface area contributed by atoms with Crippen LogP contribution in [0.15, 0.2) is 18.2 Å². The van der Waals surface area contributed by atoms with Crippen LogP contribution >= 0.6 is 0 Å². The summed E-state index contributed by atoms with van der Waals surface area (Å²) in [6.07, 6.45) is 1.52. The van der Waals surface area contributed by atoms with Gasteiger partial charge in [0.1, 0.15) is 11.5 Å². The van der Waals surface area contributed by atoms with Crippen LogP contribution in [0.25, 0.3) is 16.2 Å². The lowest BCUT2D eigenvalue weighted by Crippen LogP contribution is -2.31. The third-order valence-corrected chi connectivity index (χ3v) is 5.97. The highest BCUT2D eigenvalue weighted by molar-refractivity contribution is 5.96. The van der Waals surface area contributed by atoms with Crippen LogP contribution in [0.4, 0.5) is 21.8 Å². The quantitative estimate of drug-likeness (QED) is 0.542. The molecule has 2 aliphatic rings. The van der Waals surface area contributed by atoms with Crippen molar-refractivity contribution >= 4 is 23.4 Å². The van der Waals surface area contributed by atoms with E-state index in [1.54, 1.807) is 14.1 Å². The molecule has 1 fully saturated rings. The molecule has 0 saturated carbocycles. The minimum Gasteiger partial charge on any atom is -0.379 e. The van der Waals surface area contributed by atoms with Gasteiger partial charge >= 0.3 is 0 Å². The van der Waals surface area contributed by atoms with Crippen LogP contribution in [-0.2, 0) is 13.6 Å². The summed E-state index contributed by atoms with van der Waals surface area (Å²) in [6, 6.07) is 3.92. The van der Waals surface area contributed by atoms with Crippen molar-refractivity contribution in [3.05, 3.63) is 52.3 Å². The summed E-state index contributed by atoms with van der Waals surface area (Å²) in [5.41, 5.74) is 8.04. The largest absolute Gasteiger partial charge is 0.379 e. The molecule has 1 saturated heterocycles. The van der Waals surface area contributed by atoms with Crippen molar-refractivity contribution < 1.29 is 9.18 Å².